The molecule has 32 nitrogen and oxygen atoms in total. The van der Waals surface area contributed by atoms with Gasteiger partial charge in [0.05, 0.1) is 78.8 Å². The van der Waals surface area contributed by atoms with Crippen LogP contribution in [0.15, 0.2) is 223 Å². The molecule has 0 atom stereocenters. The maximum atomic E-state index is 5.83. The number of benzene rings is 5. The summed E-state index contributed by atoms with van der Waals surface area (Å²) in [6.45, 7) is 13.5. The Morgan fingerprint density at radius 2 is 0.696 bits per heavy atom. The lowest BCUT2D eigenvalue weighted by Gasteiger charge is -2.20. The molecule has 37 heteroatoms. The van der Waals surface area contributed by atoms with Gasteiger partial charge in [-0.15, -0.1) is 23.5 Å². The minimum Gasteiger partial charge on any atom is -0.495 e. The molecule has 14 aromatic heterocycles. The third-order valence-corrected chi connectivity index (χ3v) is 23.4. The van der Waals surface area contributed by atoms with E-state index in [9.17, 15) is 0 Å². The van der Waals surface area contributed by atoms with Crippen molar-refractivity contribution in [3.63, 3.8) is 0 Å². The number of nitrogens with one attached hydrogen (secondary N) is 9. The van der Waals surface area contributed by atoms with E-state index in [1.54, 1.807) is 68.7 Å². The van der Waals surface area contributed by atoms with Crippen LogP contribution in [-0.2, 0) is 19.3 Å². The Hall–Kier alpha value is -14.7. The summed E-state index contributed by atoms with van der Waals surface area (Å²) in [5.41, 5.74) is 19.7. The Labute approximate surface area is 805 Å². The van der Waals surface area contributed by atoms with Crippen LogP contribution in [0.25, 0.3) is 66.2 Å². The molecule has 0 bridgehead atoms. The second kappa shape index (κ2) is 47.1. The molecule has 135 heavy (non-hydrogen) atoms. The van der Waals surface area contributed by atoms with E-state index >= 15 is 0 Å². The fraction of sp³-hybridized carbons (Fsp3) is 0.224. The predicted octanol–water partition coefficient (Wildman–Crippen LogP) is 21.4. The molecule has 0 fully saturated rings. The van der Waals surface area contributed by atoms with Crippen molar-refractivity contribution >= 4 is 182 Å². The fourth-order valence-corrected chi connectivity index (χ4v) is 15.7. The lowest BCUT2D eigenvalue weighted by molar-refractivity contribution is 0.356. The number of hydrogen-bond acceptors (Lipinski definition) is 28. The molecule has 3 aliphatic rings. The number of fused-ring (bicyclic) bond motifs is 9. The molecule has 11 N–H and O–H groups in total. The quantitative estimate of drug-likeness (QED) is 0.0291. The SMILES string of the molecule is CNc1ccc(OC)cn1.CNc1ccc(SC)cc1.CNc1ccc2c(c1)CCO2.COc1ccc(N(C)c2nc(C)nc3[nH]ccc23)nc1.CSc1ccc(N(C)c2nc(C)nc3[nH]ccc23)cc1.Cc1nc(Cl)c2cc[nH]c2n1.Cc1nc(Cl)c2cc[nH]c2n1.Cc1nc(Cl)c2cc[nH]c2n1.Cc1nc(N(C)c2ccc3c(c2)CCO3)c2cc[nH]c2n1.Nc1ccc2c(c1)CCO2. The Kier molecular flexibility index (Phi) is 34.1. The van der Waals surface area contributed by atoms with Crippen LogP contribution in [0, 0.1) is 41.5 Å². The number of nitrogens with zero attached hydrogens (tertiary/aromatic N) is 17. The molecule has 0 amide bonds. The molecular formula is C98H106Cl3N27O5S2. The van der Waals surface area contributed by atoms with Gasteiger partial charge in [-0.05, 0) is 235 Å². The van der Waals surface area contributed by atoms with Crippen molar-refractivity contribution in [2.75, 3.05) is 125 Å². The highest BCUT2D eigenvalue weighted by Gasteiger charge is 2.21. The van der Waals surface area contributed by atoms with E-state index in [0.717, 1.165) is 209 Å². The first-order valence-electron chi connectivity index (χ1n) is 42.8. The maximum absolute atomic E-state index is 5.83. The van der Waals surface area contributed by atoms with Gasteiger partial charge in [-0.1, -0.05) is 34.8 Å². The van der Waals surface area contributed by atoms with E-state index in [1.165, 1.54) is 26.5 Å². The van der Waals surface area contributed by atoms with Crippen LogP contribution in [0.1, 0.15) is 51.6 Å². The molecule has 0 saturated carbocycles. The van der Waals surface area contributed by atoms with E-state index in [-0.39, 0.29) is 0 Å². The average molecular weight is 1910 g/mol. The first-order valence-corrected chi connectivity index (χ1v) is 46.4. The summed E-state index contributed by atoms with van der Waals surface area (Å²) in [6.07, 6.45) is 21.6. The first-order chi connectivity index (χ1) is 65.4. The van der Waals surface area contributed by atoms with E-state index < -0.39 is 0 Å². The van der Waals surface area contributed by atoms with Crippen LogP contribution < -0.4 is 60.1 Å². The number of methoxy groups -OCH3 is 2. The number of aromatic amines is 6. The van der Waals surface area contributed by atoms with Gasteiger partial charge < -0.3 is 90.0 Å². The molecule has 17 heterocycles. The van der Waals surface area contributed by atoms with Crippen LogP contribution in [0.2, 0.25) is 15.5 Å². The number of rotatable bonds is 13. The molecule has 0 aliphatic carbocycles. The van der Waals surface area contributed by atoms with Crippen LogP contribution in [0.5, 0.6) is 28.7 Å². The Morgan fingerprint density at radius 3 is 1.08 bits per heavy atom. The highest BCUT2D eigenvalue weighted by atomic mass is 35.5. The number of aromatic nitrogens is 20. The summed E-state index contributed by atoms with van der Waals surface area (Å²) in [5, 5.41) is 16.3. The molecule has 0 radical (unpaired) electrons. The molecule has 22 rings (SSSR count). The summed E-state index contributed by atoms with van der Waals surface area (Å²) < 4.78 is 26.3. The second-order valence-electron chi connectivity index (χ2n) is 30.2. The van der Waals surface area contributed by atoms with E-state index in [0.29, 0.717) is 32.9 Å². The smallest absolute Gasteiger partial charge is 0.147 e. The van der Waals surface area contributed by atoms with Crippen molar-refractivity contribution in [3.05, 3.63) is 280 Å². The third kappa shape index (κ3) is 25.8. The van der Waals surface area contributed by atoms with Gasteiger partial charge in [0.2, 0.25) is 0 Å². The molecule has 696 valence electrons. The van der Waals surface area contributed by atoms with Gasteiger partial charge in [0.25, 0.3) is 0 Å². The van der Waals surface area contributed by atoms with Gasteiger partial charge in [0.15, 0.2) is 0 Å². The normalized spacial score (nSPS) is 11.5. The van der Waals surface area contributed by atoms with Crippen LogP contribution in [0.4, 0.5) is 57.5 Å². The lowest BCUT2D eigenvalue weighted by Crippen LogP contribution is -2.14. The molecule has 19 aromatic rings. The number of anilines is 10. The van der Waals surface area contributed by atoms with E-state index in [1.807, 2.05) is 204 Å². The van der Waals surface area contributed by atoms with Crippen molar-refractivity contribution in [2.45, 2.75) is 70.6 Å². The van der Waals surface area contributed by atoms with Crippen LogP contribution >= 0.6 is 58.3 Å². The number of nitrogen functional groups attached to an aromatic ring is 1. The van der Waals surface area contributed by atoms with Crippen molar-refractivity contribution in [1.29, 1.82) is 0 Å². The summed E-state index contributed by atoms with van der Waals surface area (Å²) in [4.78, 5) is 86.7. The Morgan fingerprint density at radius 1 is 0.356 bits per heavy atom. The standard InChI is InChI=1S/C16H16N4O.C15H16N4S.C14H15N5O.C9H11NO.C8H9NO.C8H11NS.3C7H6ClN3.C7H10N2O/c1-10-18-15-13(5-7-17-15)16(19-10)20(2)12-3-4-14-11(9-12)6-8-21-14;1-10-17-14-13(8-9-16-14)15(18-10)19(2)11-4-6-12(20-3)7-5-11;1-9-17-13-11(6-7-15-13)14(18-9)19(2)12-5-4-10(20-3)8-16-12;1-10-8-2-3-9-7(6-8)4-5-11-9;9-7-1-2-8-6(5-7)3-4-10-8;1-9-7-3-5-8(10-2)6-4-7;3*1-4-10-6(8)5-2-3-9-7(5)11-4;1-8-7-4-3-6(10-2)5-9-7/h3-5,7,9H,6,8H2,1-2H3,(H,17,18,19);4-9H,1-3H3,(H,16,17,18);4-8H,1-3H3,(H,15,17,18);2-3,6,10H,4-5H2,1H3;1-2,5H,3-4,9H2;3-6,9H,1-2H3;3*2-3H,1H3,(H,9,10,11);3-5H,1-2H3,(H,8,9). The van der Waals surface area contributed by atoms with Gasteiger partial charge in [-0.2, -0.15) is 0 Å². The highest BCUT2D eigenvalue weighted by Crippen LogP contribution is 2.37. The topological polar surface area (TPSA) is 393 Å². The second-order valence-corrected chi connectivity index (χ2v) is 33.0. The summed E-state index contributed by atoms with van der Waals surface area (Å²) in [6, 6.07) is 54.1. The van der Waals surface area contributed by atoms with Crippen molar-refractivity contribution in [1.82, 2.24) is 99.7 Å². The van der Waals surface area contributed by atoms with Gasteiger partial charge in [0, 0.05) is 137 Å². The Bertz CT molecular complexity index is 6700. The minimum absolute atomic E-state index is 0.508. The van der Waals surface area contributed by atoms with Gasteiger partial charge in [-0.3, -0.25) is 0 Å². The lowest BCUT2D eigenvalue weighted by atomic mass is 10.1. The molecule has 0 spiro atoms. The molecular weight excluding hydrogens is 1810 g/mol. The third-order valence-electron chi connectivity index (χ3n) is 21.0. The van der Waals surface area contributed by atoms with Crippen molar-refractivity contribution in [2.24, 2.45) is 0 Å². The Balaban J connectivity index is 0.000000129. The minimum atomic E-state index is 0.508. The molecule has 0 unspecified atom stereocenters. The zero-order valence-corrected chi connectivity index (χ0v) is 81.5. The zero-order chi connectivity index (χ0) is 95.6. The monoisotopic (exact) mass is 1910 g/mol. The van der Waals surface area contributed by atoms with Gasteiger partial charge in [0.1, 0.15) is 142 Å². The van der Waals surface area contributed by atoms with Crippen LogP contribution in [-0.4, -0.2) is 189 Å². The van der Waals surface area contributed by atoms with Crippen molar-refractivity contribution in [3.8, 4) is 28.7 Å². The largest absolute Gasteiger partial charge is 0.495 e. The molecule has 3 aliphatic heterocycles. The fourth-order valence-electron chi connectivity index (χ4n) is 14.1. The summed E-state index contributed by atoms with van der Waals surface area (Å²) >= 11 is 21.0. The maximum Gasteiger partial charge on any atom is 0.147 e. The highest BCUT2D eigenvalue weighted by molar-refractivity contribution is 7.98. The predicted molar refractivity (Wildman–Crippen MR) is 549 cm³/mol. The zero-order valence-electron chi connectivity index (χ0n) is 77.6. The van der Waals surface area contributed by atoms with Crippen LogP contribution in [0.3, 0.4) is 0 Å². The average Bonchev–Trinajstić information content (AvgIpc) is 1.72. The van der Waals surface area contributed by atoms with E-state index in [4.69, 9.17) is 64.2 Å². The molecule has 5 aromatic carbocycles. The number of H-pyrrole nitrogens is 6. The number of halogens is 3. The summed E-state index contributed by atoms with van der Waals surface area (Å²) in [5.74, 6) is 13.2. The number of ether oxygens (including phenoxy) is 5. The van der Waals surface area contributed by atoms with Gasteiger partial charge in [-0.25, -0.2) is 69.8 Å². The number of nitrogens with two attached hydrogens (primary N) is 1. The first kappa shape index (κ1) is 97.8. The number of aryl methyl sites for hydroxylation is 6. The van der Waals surface area contributed by atoms with Crippen molar-refractivity contribution < 1.29 is 23.7 Å². The summed E-state index contributed by atoms with van der Waals surface area (Å²) in [7, 11) is 14.9. The van der Waals surface area contributed by atoms with Gasteiger partial charge >= 0.3 is 0 Å². The number of thioether (sulfide) groups is 2. The van der Waals surface area contributed by atoms with E-state index in [2.05, 4.69) is 205 Å². The number of hydrogen-bond donors (Lipinski definition) is 10. The number of pyridine rings is 2. The molecule has 0 saturated heterocycles.